The lowest BCUT2D eigenvalue weighted by atomic mass is 10.1. The molecule has 0 bridgehead atoms. The molecule has 0 saturated carbocycles. The van der Waals surface area contributed by atoms with Crippen molar-refractivity contribution in [1.29, 1.82) is 0 Å². The minimum absolute atomic E-state index is 0.0972. The van der Waals surface area contributed by atoms with E-state index in [0.717, 1.165) is 24.1 Å². The number of nitrogens with zero attached hydrogens (tertiary/aromatic N) is 2. The van der Waals surface area contributed by atoms with E-state index in [-0.39, 0.29) is 24.7 Å². The van der Waals surface area contributed by atoms with Gasteiger partial charge in [-0.05, 0) is 17.7 Å². The van der Waals surface area contributed by atoms with Gasteiger partial charge in [0.15, 0.2) is 11.5 Å². The molecule has 2 aliphatic heterocycles. The van der Waals surface area contributed by atoms with Crippen LogP contribution in [-0.2, 0) is 9.59 Å². The molecular weight excluding hydrogens is 370 g/mol. The van der Waals surface area contributed by atoms with Crippen LogP contribution < -0.4 is 14.8 Å². The summed E-state index contributed by atoms with van der Waals surface area (Å²) in [6.45, 7) is 1.75. The van der Waals surface area contributed by atoms with Crippen LogP contribution in [0, 0.1) is 0 Å². The predicted molar refractivity (Wildman–Crippen MR) is 109 cm³/mol. The van der Waals surface area contributed by atoms with Crippen molar-refractivity contribution in [3.8, 4) is 11.5 Å². The quantitative estimate of drug-likeness (QED) is 0.846. The van der Waals surface area contributed by atoms with Crippen LogP contribution in [0.2, 0.25) is 0 Å². The third kappa shape index (κ3) is 4.74. The fraction of sp³-hybridized carbons (Fsp3) is 0.318. The van der Waals surface area contributed by atoms with Gasteiger partial charge in [0, 0.05) is 37.4 Å². The van der Waals surface area contributed by atoms with E-state index in [4.69, 9.17) is 9.47 Å². The van der Waals surface area contributed by atoms with Crippen molar-refractivity contribution in [1.82, 2.24) is 5.01 Å². The summed E-state index contributed by atoms with van der Waals surface area (Å²) in [5.74, 6) is 0.928. The second-order valence-corrected chi connectivity index (χ2v) is 6.94. The number of benzene rings is 2. The van der Waals surface area contributed by atoms with E-state index in [1.165, 1.54) is 5.01 Å². The van der Waals surface area contributed by atoms with E-state index < -0.39 is 0 Å². The Balaban J connectivity index is 1.29. The summed E-state index contributed by atoms with van der Waals surface area (Å²) in [7, 11) is 0. The number of fused-ring (bicyclic) bond motifs is 1. The normalized spacial score (nSPS) is 15.4. The van der Waals surface area contributed by atoms with E-state index in [1.807, 2.05) is 30.3 Å². The third-order valence-corrected chi connectivity index (χ3v) is 4.79. The van der Waals surface area contributed by atoms with Crippen LogP contribution in [0.1, 0.15) is 31.2 Å². The van der Waals surface area contributed by atoms with E-state index in [0.29, 0.717) is 36.9 Å². The fourth-order valence-electron chi connectivity index (χ4n) is 3.28. The average molecular weight is 393 g/mol. The van der Waals surface area contributed by atoms with Crippen molar-refractivity contribution < 1.29 is 19.1 Å². The van der Waals surface area contributed by atoms with E-state index in [9.17, 15) is 9.59 Å². The maximum Gasteiger partial charge on any atom is 0.243 e. The molecular formula is C22H23N3O4. The molecule has 4 rings (SSSR count). The highest BCUT2D eigenvalue weighted by molar-refractivity contribution is 6.02. The van der Waals surface area contributed by atoms with Crippen molar-refractivity contribution in [2.24, 2.45) is 5.10 Å². The molecule has 2 aromatic carbocycles. The van der Waals surface area contributed by atoms with Crippen LogP contribution >= 0.6 is 0 Å². The summed E-state index contributed by atoms with van der Waals surface area (Å²) in [4.78, 5) is 24.7. The topological polar surface area (TPSA) is 80.2 Å². The lowest BCUT2D eigenvalue weighted by molar-refractivity contribution is -0.132. The van der Waals surface area contributed by atoms with Gasteiger partial charge < -0.3 is 14.8 Å². The average Bonchev–Trinajstić information content (AvgIpc) is 3.13. The Morgan fingerprint density at radius 2 is 1.79 bits per heavy atom. The molecule has 0 unspecified atom stereocenters. The van der Waals surface area contributed by atoms with Gasteiger partial charge in [-0.15, -0.1) is 0 Å². The number of rotatable bonds is 5. The van der Waals surface area contributed by atoms with Gasteiger partial charge in [0.2, 0.25) is 11.8 Å². The van der Waals surface area contributed by atoms with Gasteiger partial charge in [-0.2, -0.15) is 5.10 Å². The largest absolute Gasteiger partial charge is 0.490 e. The molecule has 0 radical (unpaired) electrons. The first kappa shape index (κ1) is 19.0. The zero-order valence-electron chi connectivity index (χ0n) is 16.1. The Morgan fingerprint density at radius 3 is 2.62 bits per heavy atom. The van der Waals surface area contributed by atoms with Gasteiger partial charge in [-0.3, -0.25) is 9.59 Å². The minimum Gasteiger partial charge on any atom is -0.490 e. The standard InChI is InChI=1S/C22H23N3O4/c26-21(23-17-7-8-19-20(15-17)29-14-4-13-28-19)9-10-22(27)25-12-11-18(24-25)16-5-2-1-3-6-16/h1-3,5-8,15H,4,9-14H2,(H,23,26). The summed E-state index contributed by atoms with van der Waals surface area (Å²) in [6, 6.07) is 15.1. The number of anilines is 1. The number of nitrogens with one attached hydrogen (secondary N) is 1. The molecule has 1 N–H and O–H groups in total. The van der Waals surface area contributed by atoms with Crippen LogP contribution in [0.15, 0.2) is 53.6 Å². The number of hydrazone groups is 1. The number of amides is 2. The Kier molecular flexibility index (Phi) is 5.74. The summed E-state index contributed by atoms with van der Waals surface area (Å²) >= 11 is 0. The number of hydrogen-bond donors (Lipinski definition) is 1. The van der Waals surface area contributed by atoms with Crippen LogP contribution in [0.4, 0.5) is 5.69 Å². The zero-order valence-corrected chi connectivity index (χ0v) is 16.1. The molecule has 2 aliphatic rings. The second kappa shape index (κ2) is 8.77. The second-order valence-electron chi connectivity index (χ2n) is 6.94. The summed E-state index contributed by atoms with van der Waals surface area (Å²) in [6.07, 6.45) is 1.75. The van der Waals surface area contributed by atoms with Crippen LogP contribution in [0.25, 0.3) is 0 Å². The third-order valence-electron chi connectivity index (χ3n) is 4.79. The van der Waals surface area contributed by atoms with Gasteiger partial charge >= 0.3 is 0 Å². The highest BCUT2D eigenvalue weighted by Gasteiger charge is 2.22. The van der Waals surface area contributed by atoms with E-state index in [2.05, 4.69) is 10.4 Å². The first-order chi connectivity index (χ1) is 14.2. The SMILES string of the molecule is O=C(CCC(=O)N1CCC(c2ccccc2)=N1)Nc1ccc2c(c1)OCCCO2. The number of hydrogen-bond acceptors (Lipinski definition) is 5. The van der Waals surface area contributed by atoms with Gasteiger partial charge in [-0.25, -0.2) is 5.01 Å². The smallest absolute Gasteiger partial charge is 0.243 e. The molecule has 0 saturated heterocycles. The highest BCUT2D eigenvalue weighted by atomic mass is 16.5. The number of carbonyl (C=O) groups is 2. The summed E-state index contributed by atoms with van der Waals surface area (Å²) < 4.78 is 11.2. The predicted octanol–water partition coefficient (Wildman–Crippen LogP) is 3.20. The van der Waals surface area contributed by atoms with Crippen molar-refractivity contribution in [3.63, 3.8) is 0 Å². The van der Waals surface area contributed by atoms with Crippen LogP contribution in [0.5, 0.6) is 11.5 Å². The Morgan fingerprint density at radius 1 is 1.00 bits per heavy atom. The van der Waals surface area contributed by atoms with Gasteiger partial charge in [0.05, 0.1) is 25.5 Å². The van der Waals surface area contributed by atoms with Gasteiger partial charge in [0.25, 0.3) is 0 Å². The molecule has 0 atom stereocenters. The van der Waals surface area contributed by atoms with Gasteiger partial charge in [-0.1, -0.05) is 30.3 Å². The summed E-state index contributed by atoms with van der Waals surface area (Å²) in [5.41, 5.74) is 2.54. The maximum atomic E-state index is 12.4. The van der Waals surface area contributed by atoms with Crippen molar-refractivity contribution in [2.45, 2.75) is 25.7 Å². The van der Waals surface area contributed by atoms with Crippen LogP contribution in [-0.4, -0.2) is 42.3 Å². The molecule has 0 fully saturated rings. The molecule has 0 aromatic heterocycles. The van der Waals surface area contributed by atoms with Gasteiger partial charge in [0.1, 0.15) is 0 Å². The van der Waals surface area contributed by atoms with E-state index in [1.54, 1.807) is 18.2 Å². The number of carbonyl (C=O) groups excluding carboxylic acids is 2. The molecule has 7 heteroatoms. The minimum atomic E-state index is -0.223. The highest BCUT2D eigenvalue weighted by Crippen LogP contribution is 2.32. The molecule has 0 aliphatic carbocycles. The molecule has 29 heavy (non-hydrogen) atoms. The molecule has 0 spiro atoms. The molecule has 7 nitrogen and oxygen atoms in total. The van der Waals surface area contributed by atoms with E-state index >= 15 is 0 Å². The molecule has 2 aromatic rings. The zero-order chi connectivity index (χ0) is 20.1. The molecule has 150 valence electrons. The molecule has 2 heterocycles. The molecule has 2 amide bonds. The fourth-order valence-corrected chi connectivity index (χ4v) is 3.28. The van der Waals surface area contributed by atoms with Crippen molar-refractivity contribution in [2.75, 3.05) is 25.1 Å². The Labute approximate surface area is 169 Å². The van der Waals surface area contributed by atoms with Crippen molar-refractivity contribution >= 4 is 23.2 Å². The lowest BCUT2D eigenvalue weighted by Gasteiger charge is -2.12. The first-order valence-electron chi connectivity index (χ1n) is 9.82. The Hall–Kier alpha value is -3.35. The number of ether oxygens (including phenoxy) is 2. The Bertz CT molecular complexity index is 927. The van der Waals surface area contributed by atoms with Crippen molar-refractivity contribution in [3.05, 3.63) is 54.1 Å². The maximum absolute atomic E-state index is 12.4. The lowest BCUT2D eigenvalue weighted by Crippen LogP contribution is -2.25. The monoisotopic (exact) mass is 393 g/mol. The summed E-state index contributed by atoms with van der Waals surface area (Å²) in [5, 5.41) is 8.69. The van der Waals surface area contributed by atoms with Crippen LogP contribution in [0.3, 0.4) is 0 Å². The first-order valence-corrected chi connectivity index (χ1v) is 9.82.